The van der Waals surface area contributed by atoms with Crippen molar-refractivity contribution < 1.29 is 23.1 Å². The van der Waals surface area contributed by atoms with Crippen molar-refractivity contribution in [3.8, 4) is 5.75 Å². The van der Waals surface area contributed by atoms with Gasteiger partial charge in [-0.3, -0.25) is 14.5 Å². The van der Waals surface area contributed by atoms with Gasteiger partial charge in [-0.05, 0) is 62.4 Å². The van der Waals surface area contributed by atoms with Gasteiger partial charge in [0.25, 0.3) is 0 Å². The summed E-state index contributed by atoms with van der Waals surface area (Å²) in [5.41, 5.74) is 3.26. The molecule has 2 aromatic rings. The molecule has 0 saturated carbocycles. The number of nitrogens with one attached hydrogen (secondary N) is 2. The van der Waals surface area contributed by atoms with Crippen LogP contribution < -0.4 is 15.4 Å². The van der Waals surface area contributed by atoms with Gasteiger partial charge in [0.2, 0.25) is 11.8 Å². The van der Waals surface area contributed by atoms with Crippen molar-refractivity contribution in [3.05, 3.63) is 53.6 Å². The van der Waals surface area contributed by atoms with Gasteiger partial charge in [-0.15, -0.1) is 0 Å². The van der Waals surface area contributed by atoms with Crippen LogP contribution in [0.2, 0.25) is 0 Å². The van der Waals surface area contributed by atoms with Gasteiger partial charge in [0.05, 0.1) is 13.1 Å². The van der Waals surface area contributed by atoms with Crippen molar-refractivity contribution >= 4 is 23.2 Å². The molecule has 0 bridgehead atoms. The van der Waals surface area contributed by atoms with Crippen LogP contribution in [0.1, 0.15) is 11.1 Å². The van der Waals surface area contributed by atoms with Crippen molar-refractivity contribution in [1.82, 2.24) is 4.90 Å². The second-order valence-electron chi connectivity index (χ2n) is 6.42. The number of nitrogens with zero attached hydrogens (tertiary/aromatic N) is 1. The van der Waals surface area contributed by atoms with E-state index in [4.69, 9.17) is 0 Å². The highest BCUT2D eigenvalue weighted by Crippen LogP contribution is 2.18. The minimum Gasteiger partial charge on any atom is -0.435 e. The van der Waals surface area contributed by atoms with E-state index in [9.17, 15) is 18.4 Å². The first kappa shape index (κ1) is 21.3. The van der Waals surface area contributed by atoms with E-state index in [1.165, 1.54) is 24.3 Å². The fraction of sp³-hybridized carbons (Fsp3) is 0.300. The lowest BCUT2D eigenvalue weighted by Crippen LogP contribution is -2.36. The molecule has 2 amide bonds. The number of amides is 2. The molecule has 0 aliphatic carbocycles. The number of rotatable bonds is 8. The Morgan fingerprint density at radius 1 is 1.00 bits per heavy atom. The Hall–Kier alpha value is -3.00. The molecule has 0 aliphatic rings. The van der Waals surface area contributed by atoms with Crippen molar-refractivity contribution in [2.24, 2.45) is 0 Å². The highest BCUT2D eigenvalue weighted by Gasteiger charge is 2.12. The minimum atomic E-state index is -2.90. The Balaban J connectivity index is 1.81. The van der Waals surface area contributed by atoms with Gasteiger partial charge < -0.3 is 15.4 Å². The van der Waals surface area contributed by atoms with Crippen LogP contribution in [0.5, 0.6) is 5.75 Å². The van der Waals surface area contributed by atoms with Crippen molar-refractivity contribution in [2.45, 2.75) is 20.5 Å². The molecule has 2 aromatic carbocycles. The predicted octanol–water partition coefficient (Wildman–Crippen LogP) is 3.41. The molecule has 2 N–H and O–H groups in total. The third kappa shape index (κ3) is 6.62. The SMILES string of the molecule is Cc1cccc(NC(=O)CN(C)CC(=O)Nc2ccc(OC(F)F)cc2)c1C. The van der Waals surface area contributed by atoms with Crippen molar-refractivity contribution in [1.29, 1.82) is 0 Å². The maximum Gasteiger partial charge on any atom is 0.387 e. The molecule has 8 heteroatoms. The normalized spacial score (nSPS) is 10.8. The monoisotopic (exact) mass is 391 g/mol. The number of carbonyl (C=O) groups is 2. The summed E-state index contributed by atoms with van der Waals surface area (Å²) in [6, 6.07) is 11.3. The smallest absolute Gasteiger partial charge is 0.387 e. The zero-order valence-corrected chi connectivity index (χ0v) is 16.0. The van der Waals surface area contributed by atoms with E-state index in [2.05, 4.69) is 15.4 Å². The summed E-state index contributed by atoms with van der Waals surface area (Å²) in [5, 5.41) is 5.48. The fourth-order valence-corrected chi connectivity index (χ4v) is 2.54. The number of halogens is 2. The van der Waals surface area contributed by atoms with Crippen molar-refractivity contribution in [3.63, 3.8) is 0 Å². The van der Waals surface area contributed by atoms with Crippen LogP contribution in [-0.4, -0.2) is 43.5 Å². The summed E-state index contributed by atoms with van der Waals surface area (Å²) < 4.78 is 28.5. The number of benzene rings is 2. The summed E-state index contributed by atoms with van der Waals surface area (Å²) in [4.78, 5) is 25.9. The van der Waals surface area contributed by atoms with E-state index in [1.807, 2.05) is 32.0 Å². The Labute approximate surface area is 162 Å². The number of likely N-dealkylation sites (N-methyl/N-ethyl adjacent to an activating group) is 1. The minimum absolute atomic E-state index is 0.00446. The fourth-order valence-electron chi connectivity index (χ4n) is 2.54. The maximum absolute atomic E-state index is 12.2. The molecule has 0 fully saturated rings. The highest BCUT2D eigenvalue weighted by molar-refractivity contribution is 5.95. The number of carbonyl (C=O) groups excluding carboxylic acids is 2. The molecular weight excluding hydrogens is 368 g/mol. The quantitative estimate of drug-likeness (QED) is 0.724. The average Bonchev–Trinajstić information content (AvgIpc) is 2.60. The second-order valence-corrected chi connectivity index (χ2v) is 6.42. The van der Waals surface area contributed by atoms with E-state index in [1.54, 1.807) is 11.9 Å². The largest absolute Gasteiger partial charge is 0.435 e. The molecule has 0 aromatic heterocycles. The van der Waals surface area contributed by atoms with E-state index >= 15 is 0 Å². The molecule has 2 rings (SSSR count). The van der Waals surface area contributed by atoms with Crippen molar-refractivity contribution in [2.75, 3.05) is 30.8 Å². The zero-order chi connectivity index (χ0) is 20.7. The molecule has 0 saturated heterocycles. The summed E-state index contributed by atoms with van der Waals surface area (Å²) >= 11 is 0. The third-order valence-electron chi connectivity index (χ3n) is 4.07. The van der Waals surface area contributed by atoms with Crippen LogP contribution in [0, 0.1) is 13.8 Å². The molecule has 150 valence electrons. The molecule has 0 aliphatic heterocycles. The van der Waals surface area contributed by atoms with Crippen LogP contribution in [0.15, 0.2) is 42.5 Å². The van der Waals surface area contributed by atoms with Gasteiger partial charge >= 0.3 is 6.61 Å². The Morgan fingerprint density at radius 3 is 2.21 bits per heavy atom. The summed E-state index contributed by atoms with van der Waals surface area (Å²) in [6.07, 6.45) is 0. The van der Waals surface area contributed by atoms with Gasteiger partial charge in [-0.2, -0.15) is 8.78 Å². The van der Waals surface area contributed by atoms with Gasteiger partial charge in [0.1, 0.15) is 5.75 Å². The third-order valence-corrected chi connectivity index (χ3v) is 4.07. The predicted molar refractivity (Wildman–Crippen MR) is 104 cm³/mol. The number of anilines is 2. The van der Waals surface area contributed by atoms with Gasteiger partial charge in [-0.1, -0.05) is 12.1 Å². The number of ether oxygens (including phenoxy) is 1. The average molecular weight is 391 g/mol. The topological polar surface area (TPSA) is 70.7 Å². The number of hydrogen-bond acceptors (Lipinski definition) is 4. The van der Waals surface area contributed by atoms with Gasteiger partial charge in [0, 0.05) is 11.4 Å². The summed E-state index contributed by atoms with van der Waals surface area (Å²) in [7, 11) is 1.65. The number of aryl methyl sites for hydroxylation is 1. The lowest BCUT2D eigenvalue weighted by molar-refractivity contribution is -0.119. The van der Waals surface area contributed by atoms with Crippen LogP contribution >= 0.6 is 0 Å². The van der Waals surface area contributed by atoms with E-state index < -0.39 is 6.61 Å². The first-order valence-electron chi connectivity index (χ1n) is 8.64. The Morgan fingerprint density at radius 2 is 1.61 bits per heavy atom. The Bertz CT molecular complexity index is 826. The molecule has 28 heavy (non-hydrogen) atoms. The Kier molecular flexibility index (Phi) is 7.45. The zero-order valence-electron chi connectivity index (χ0n) is 16.0. The molecule has 0 heterocycles. The van der Waals surface area contributed by atoms with Crippen LogP contribution in [-0.2, 0) is 9.59 Å². The summed E-state index contributed by atoms with van der Waals surface area (Å²) in [5.74, 6) is -0.546. The van der Waals surface area contributed by atoms with E-state index in [-0.39, 0.29) is 30.7 Å². The molecule has 0 radical (unpaired) electrons. The van der Waals surface area contributed by atoms with Crippen LogP contribution in [0.25, 0.3) is 0 Å². The van der Waals surface area contributed by atoms with Crippen LogP contribution in [0.3, 0.4) is 0 Å². The van der Waals surface area contributed by atoms with Gasteiger partial charge in [-0.25, -0.2) is 0 Å². The number of hydrogen-bond donors (Lipinski definition) is 2. The molecule has 6 nitrogen and oxygen atoms in total. The molecular formula is C20H23F2N3O3. The van der Waals surface area contributed by atoms with Gasteiger partial charge in [0.15, 0.2) is 0 Å². The molecule has 0 unspecified atom stereocenters. The first-order chi connectivity index (χ1) is 13.2. The lowest BCUT2D eigenvalue weighted by atomic mass is 10.1. The highest BCUT2D eigenvalue weighted by atomic mass is 19.3. The maximum atomic E-state index is 12.2. The number of alkyl halides is 2. The van der Waals surface area contributed by atoms with E-state index in [0.717, 1.165) is 16.8 Å². The summed E-state index contributed by atoms with van der Waals surface area (Å²) in [6.45, 7) is 1.04. The molecule has 0 spiro atoms. The second kappa shape index (κ2) is 9.80. The lowest BCUT2D eigenvalue weighted by Gasteiger charge is -2.17. The standard InChI is InChI=1S/C20H23F2N3O3/c1-13-5-4-6-17(14(13)2)24-19(27)12-25(3)11-18(26)23-15-7-9-16(10-8-15)28-20(21)22/h4-10,20H,11-12H2,1-3H3,(H,23,26)(H,24,27). The van der Waals surface area contributed by atoms with Crippen LogP contribution in [0.4, 0.5) is 20.2 Å². The first-order valence-corrected chi connectivity index (χ1v) is 8.64. The molecule has 0 atom stereocenters. The van der Waals surface area contributed by atoms with E-state index in [0.29, 0.717) is 5.69 Å².